The second kappa shape index (κ2) is 7.49. The number of methoxy groups -OCH3 is 1. The maximum absolute atomic E-state index is 13.5. The molecule has 0 aromatic heterocycles. The summed E-state index contributed by atoms with van der Waals surface area (Å²) >= 11 is 0. The van der Waals surface area contributed by atoms with Gasteiger partial charge in [-0.2, -0.15) is 0 Å². The van der Waals surface area contributed by atoms with Gasteiger partial charge in [-0.3, -0.25) is 9.69 Å². The van der Waals surface area contributed by atoms with Crippen molar-refractivity contribution < 1.29 is 19.0 Å². The van der Waals surface area contributed by atoms with Gasteiger partial charge in [0.05, 0.1) is 18.8 Å². The molecule has 2 aliphatic rings. The van der Waals surface area contributed by atoms with Crippen LogP contribution in [0.25, 0.3) is 0 Å². The predicted molar refractivity (Wildman–Crippen MR) is 88.7 cm³/mol. The zero-order valence-corrected chi connectivity index (χ0v) is 14.1. The van der Waals surface area contributed by atoms with Crippen LogP contribution in [0.5, 0.6) is 5.75 Å². The molecule has 132 valence electrons. The van der Waals surface area contributed by atoms with Gasteiger partial charge in [-0.1, -0.05) is 0 Å². The largest absolute Gasteiger partial charge is 0.496 e. The molecule has 0 spiro atoms. The summed E-state index contributed by atoms with van der Waals surface area (Å²) in [5.41, 5.74) is 0.282. The third-order valence-electron chi connectivity index (χ3n) is 5.09. The molecule has 24 heavy (non-hydrogen) atoms. The number of hydrogen-bond donors (Lipinski definition) is 1. The quantitative estimate of drug-likeness (QED) is 0.916. The van der Waals surface area contributed by atoms with E-state index in [0.717, 1.165) is 38.8 Å². The minimum absolute atomic E-state index is 0.177. The SMILES string of the molecule is COc1ccc(F)cc1C(=O)N1CCC(N2CCC[C@@H](O)C2)CC1. The van der Waals surface area contributed by atoms with Crippen LogP contribution >= 0.6 is 0 Å². The number of benzene rings is 1. The number of aliphatic hydroxyl groups excluding tert-OH is 1. The van der Waals surface area contributed by atoms with Crippen molar-refractivity contribution in [1.82, 2.24) is 9.80 Å². The summed E-state index contributed by atoms with van der Waals surface area (Å²) < 4.78 is 18.7. The Kier molecular flexibility index (Phi) is 5.36. The molecule has 1 amide bonds. The van der Waals surface area contributed by atoms with E-state index in [2.05, 4.69) is 4.90 Å². The highest BCUT2D eigenvalue weighted by atomic mass is 19.1. The van der Waals surface area contributed by atoms with Crippen LogP contribution in [0.4, 0.5) is 4.39 Å². The lowest BCUT2D eigenvalue weighted by Crippen LogP contribution is -2.50. The molecule has 1 aromatic carbocycles. The normalized spacial score (nSPS) is 23.3. The zero-order chi connectivity index (χ0) is 17.1. The van der Waals surface area contributed by atoms with Crippen LogP contribution < -0.4 is 4.74 Å². The van der Waals surface area contributed by atoms with Crippen LogP contribution in [-0.4, -0.2) is 66.2 Å². The van der Waals surface area contributed by atoms with E-state index in [-0.39, 0.29) is 17.6 Å². The topological polar surface area (TPSA) is 53.0 Å². The predicted octanol–water partition coefficient (Wildman–Crippen LogP) is 1.90. The molecule has 1 aromatic rings. The maximum atomic E-state index is 13.5. The first-order chi connectivity index (χ1) is 11.6. The van der Waals surface area contributed by atoms with Crippen molar-refractivity contribution in [1.29, 1.82) is 0 Å². The Morgan fingerprint density at radius 2 is 2.00 bits per heavy atom. The number of piperidine rings is 2. The van der Waals surface area contributed by atoms with Gasteiger partial charge in [-0.15, -0.1) is 0 Å². The van der Waals surface area contributed by atoms with Gasteiger partial charge in [0, 0.05) is 25.7 Å². The van der Waals surface area contributed by atoms with E-state index in [0.29, 0.717) is 24.9 Å². The lowest BCUT2D eigenvalue weighted by Gasteiger charge is -2.41. The molecule has 0 aliphatic carbocycles. The number of carbonyl (C=O) groups is 1. The lowest BCUT2D eigenvalue weighted by molar-refractivity contribution is 0.0240. The smallest absolute Gasteiger partial charge is 0.257 e. The van der Waals surface area contributed by atoms with Crippen molar-refractivity contribution in [2.24, 2.45) is 0 Å². The van der Waals surface area contributed by atoms with Crippen molar-refractivity contribution >= 4 is 5.91 Å². The van der Waals surface area contributed by atoms with Crippen molar-refractivity contribution in [2.45, 2.75) is 37.8 Å². The Bertz CT molecular complexity index is 588. The fraction of sp³-hybridized carbons (Fsp3) is 0.611. The van der Waals surface area contributed by atoms with Gasteiger partial charge < -0.3 is 14.7 Å². The molecule has 2 aliphatic heterocycles. The summed E-state index contributed by atoms with van der Waals surface area (Å²) in [5.74, 6) is -0.206. The third kappa shape index (κ3) is 3.70. The Morgan fingerprint density at radius 3 is 2.67 bits per heavy atom. The molecule has 5 nitrogen and oxygen atoms in total. The monoisotopic (exact) mass is 336 g/mol. The van der Waals surface area contributed by atoms with E-state index < -0.39 is 5.82 Å². The number of aliphatic hydroxyl groups is 1. The first-order valence-corrected chi connectivity index (χ1v) is 8.63. The van der Waals surface area contributed by atoms with Gasteiger partial charge in [0.2, 0.25) is 0 Å². The third-order valence-corrected chi connectivity index (χ3v) is 5.09. The molecule has 0 radical (unpaired) electrons. The Labute approximate surface area is 142 Å². The number of likely N-dealkylation sites (tertiary alicyclic amines) is 2. The van der Waals surface area contributed by atoms with Crippen LogP contribution in [-0.2, 0) is 0 Å². The van der Waals surface area contributed by atoms with Crippen molar-refractivity contribution in [3.8, 4) is 5.75 Å². The molecule has 0 bridgehead atoms. The molecular formula is C18H25FN2O3. The number of hydrogen-bond acceptors (Lipinski definition) is 4. The van der Waals surface area contributed by atoms with Gasteiger partial charge in [0.15, 0.2) is 0 Å². The van der Waals surface area contributed by atoms with Crippen molar-refractivity contribution in [2.75, 3.05) is 33.3 Å². The molecule has 3 rings (SSSR count). The molecule has 1 N–H and O–H groups in total. The Balaban J connectivity index is 1.62. The number of amides is 1. The van der Waals surface area contributed by atoms with Crippen molar-refractivity contribution in [3.05, 3.63) is 29.6 Å². The maximum Gasteiger partial charge on any atom is 0.257 e. The number of rotatable bonds is 3. The summed E-state index contributed by atoms with van der Waals surface area (Å²) in [6.07, 6.45) is 3.45. The minimum atomic E-state index is -0.434. The lowest BCUT2D eigenvalue weighted by atomic mass is 9.98. The average Bonchev–Trinajstić information content (AvgIpc) is 2.61. The summed E-state index contributed by atoms with van der Waals surface area (Å²) in [4.78, 5) is 16.8. The van der Waals surface area contributed by atoms with E-state index in [1.807, 2.05) is 0 Å². The highest BCUT2D eigenvalue weighted by molar-refractivity contribution is 5.97. The molecule has 0 saturated carbocycles. The van der Waals surface area contributed by atoms with Crippen molar-refractivity contribution in [3.63, 3.8) is 0 Å². The fourth-order valence-electron chi connectivity index (χ4n) is 3.77. The highest BCUT2D eigenvalue weighted by Gasteiger charge is 2.30. The first-order valence-electron chi connectivity index (χ1n) is 8.63. The van der Waals surface area contributed by atoms with Gasteiger partial charge in [-0.25, -0.2) is 4.39 Å². The fourth-order valence-corrected chi connectivity index (χ4v) is 3.77. The summed E-state index contributed by atoms with van der Waals surface area (Å²) in [7, 11) is 1.48. The van der Waals surface area contributed by atoms with Crippen LogP contribution in [0.2, 0.25) is 0 Å². The molecule has 2 saturated heterocycles. The second-order valence-electron chi connectivity index (χ2n) is 6.66. The molecule has 6 heteroatoms. The van der Waals surface area contributed by atoms with E-state index >= 15 is 0 Å². The summed E-state index contributed by atoms with van der Waals surface area (Å²) in [6.45, 7) is 3.05. The van der Waals surface area contributed by atoms with Gasteiger partial charge in [0.25, 0.3) is 5.91 Å². The van der Waals surface area contributed by atoms with Gasteiger partial charge in [-0.05, 0) is 50.4 Å². The Morgan fingerprint density at radius 1 is 1.25 bits per heavy atom. The molecular weight excluding hydrogens is 311 g/mol. The summed E-state index contributed by atoms with van der Waals surface area (Å²) in [6, 6.07) is 4.45. The number of nitrogens with zero attached hydrogens (tertiary/aromatic N) is 2. The number of β-amino-alcohol motifs (C(OH)–C–C–N with tert-alkyl or cyclic N) is 1. The van der Waals surface area contributed by atoms with Crippen LogP contribution in [0.15, 0.2) is 18.2 Å². The van der Waals surface area contributed by atoms with E-state index in [1.54, 1.807) is 4.90 Å². The van der Waals surface area contributed by atoms with Gasteiger partial charge >= 0.3 is 0 Å². The van der Waals surface area contributed by atoms with Crippen LogP contribution in [0.3, 0.4) is 0 Å². The number of carbonyl (C=O) groups excluding carboxylic acids is 1. The highest BCUT2D eigenvalue weighted by Crippen LogP contribution is 2.25. The standard InChI is InChI=1S/C18H25FN2O3/c1-24-17-5-4-13(19)11-16(17)18(23)20-9-6-14(7-10-20)21-8-2-3-15(22)12-21/h4-5,11,14-15,22H,2-3,6-10,12H2,1H3/t15-/m1/s1. The van der Waals surface area contributed by atoms with Crippen LogP contribution in [0.1, 0.15) is 36.0 Å². The van der Waals surface area contributed by atoms with E-state index in [9.17, 15) is 14.3 Å². The zero-order valence-electron chi connectivity index (χ0n) is 14.1. The second-order valence-corrected chi connectivity index (χ2v) is 6.66. The van der Waals surface area contributed by atoms with E-state index in [4.69, 9.17) is 4.74 Å². The average molecular weight is 336 g/mol. The number of halogens is 1. The minimum Gasteiger partial charge on any atom is -0.496 e. The number of ether oxygens (including phenoxy) is 1. The first kappa shape index (κ1) is 17.2. The van der Waals surface area contributed by atoms with Crippen LogP contribution in [0, 0.1) is 5.82 Å². The molecule has 2 heterocycles. The Hall–Kier alpha value is -1.66. The molecule has 2 fully saturated rings. The molecule has 0 unspecified atom stereocenters. The molecule has 1 atom stereocenters. The summed E-state index contributed by atoms with van der Waals surface area (Å²) in [5, 5.41) is 9.83. The van der Waals surface area contributed by atoms with Gasteiger partial charge in [0.1, 0.15) is 11.6 Å². The van der Waals surface area contributed by atoms with E-state index in [1.165, 1.54) is 25.3 Å².